The number of imidazole rings is 1. The van der Waals surface area contributed by atoms with Gasteiger partial charge in [-0.3, -0.25) is 4.79 Å². The highest BCUT2D eigenvalue weighted by molar-refractivity contribution is 5.91. The Morgan fingerprint density at radius 3 is 2.63 bits per heavy atom. The summed E-state index contributed by atoms with van der Waals surface area (Å²) in [5.74, 6) is 0.741. The Hall–Kier alpha value is -3.32. The van der Waals surface area contributed by atoms with Crippen molar-refractivity contribution in [3.63, 3.8) is 0 Å². The highest BCUT2D eigenvalue weighted by Crippen LogP contribution is 2.25. The minimum absolute atomic E-state index is 0.166. The molecular weight excluding hydrogens is 376 g/mol. The van der Waals surface area contributed by atoms with E-state index >= 15 is 0 Å². The third-order valence-corrected chi connectivity index (χ3v) is 6.11. The van der Waals surface area contributed by atoms with Crippen LogP contribution in [0.25, 0.3) is 21.9 Å². The monoisotopic (exact) mass is 402 g/mol. The minimum Gasteiger partial charge on any atom is -0.398 e. The van der Waals surface area contributed by atoms with Crippen LogP contribution in [0.2, 0.25) is 0 Å². The molecule has 1 saturated heterocycles. The summed E-state index contributed by atoms with van der Waals surface area (Å²) in [6, 6.07) is 13.9. The first-order valence-electron chi connectivity index (χ1n) is 10.5. The highest BCUT2D eigenvalue weighted by atomic mass is 16.1. The van der Waals surface area contributed by atoms with E-state index in [1.165, 1.54) is 5.69 Å². The van der Waals surface area contributed by atoms with Crippen molar-refractivity contribution < 1.29 is 0 Å². The summed E-state index contributed by atoms with van der Waals surface area (Å²) in [5.41, 5.74) is 11.1. The van der Waals surface area contributed by atoms with Gasteiger partial charge in [-0.25, -0.2) is 4.98 Å². The van der Waals surface area contributed by atoms with Gasteiger partial charge >= 0.3 is 0 Å². The Morgan fingerprint density at radius 1 is 1.03 bits per heavy atom. The lowest BCUT2D eigenvalue weighted by Crippen LogP contribution is -2.46. The lowest BCUT2D eigenvalue weighted by atomic mass is 10.1. The van der Waals surface area contributed by atoms with Gasteiger partial charge in [0.1, 0.15) is 5.82 Å². The van der Waals surface area contributed by atoms with E-state index in [2.05, 4.69) is 38.8 Å². The maximum atomic E-state index is 12.6. The van der Waals surface area contributed by atoms with E-state index in [-0.39, 0.29) is 5.56 Å². The van der Waals surface area contributed by atoms with Crippen LogP contribution < -0.4 is 16.2 Å². The van der Waals surface area contributed by atoms with E-state index < -0.39 is 0 Å². The van der Waals surface area contributed by atoms with E-state index in [0.717, 1.165) is 60.5 Å². The number of piperazine rings is 1. The molecule has 0 atom stereocenters. The molecule has 0 amide bonds. The van der Waals surface area contributed by atoms with Crippen LogP contribution in [0.1, 0.15) is 18.3 Å². The first kappa shape index (κ1) is 18.7. The van der Waals surface area contributed by atoms with Crippen LogP contribution >= 0.6 is 0 Å². The maximum Gasteiger partial charge on any atom is 0.254 e. The number of nitrogens with zero attached hydrogens (tertiary/aromatic N) is 3. The summed E-state index contributed by atoms with van der Waals surface area (Å²) >= 11 is 0. The second-order valence-electron chi connectivity index (χ2n) is 7.87. The number of para-hydroxylation sites is 1. The zero-order valence-corrected chi connectivity index (χ0v) is 17.1. The average molecular weight is 403 g/mol. The summed E-state index contributed by atoms with van der Waals surface area (Å²) in [4.78, 5) is 28.5. The van der Waals surface area contributed by atoms with Gasteiger partial charge in [0.25, 0.3) is 5.56 Å². The second kappa shape index (κ2) is 7.50. The summed E-state index contributed by atoms with van der Waals surface area (Å²) in [6.07, 6.45) is 0.366. The Labute approximate surface area is 174 Å². The summed E-state index contributed by atoms with van der Waals surface area (Å²) < 4.78 is 0. The lowest BCUT2D eigenvalue weighted by molar-refractivity contribution is 0.271. The van der Waals surface area contributed by atoms with E-state index in [1.807, 2.05) is 30.3 Å². The summed E-state index contributed by atoms with van der Waals surface area (Å²) in [6.45, 7) is 7.56. The largest absolute Gasteiger partial charge is 0.398 e. The third-order valence-electron chi connectivity index (χ3n) is 6.11. The number of nitrogens with one attached hydrogen (secondary N) is 2. The summed E-state index contributed by atoms with van der Waals surface area (Å²) in [7, 11) is 0. The molecule has 0 bridgehead atoms. The smallest absolute Gasteiger partial charge is 0.254 e. The molecule has 5 rings (SSSR count). The van der Waals surface area contributed by atoms with Gasteiger partial charge in [0.2, 0.25) is 0 Å². The molecule has 4 N–H and O–H groups in total. The van der Waals surface area contributed by atoms with Crippen molar-refractivity contribution in [2.75, 3.05) is 43.4 Å². The van der Waals surface area contributed by atoms with Crippen molar-refractivity contribution in [3.05, 3.63) is 64.2 Å². The zero-order valence-electron chi connectivity index (χ0n) is 17.1. The quantitative estimate of drug-likeness (QED) is 0.488. The Morgan fingerprint density at radius 2 is 1.83 bits per heavy atom. The average Bonchev–Trinajstić information content (AvgIpc) is 3.18. The number of hydrogen-bond donors (Lipinski definition) is 3. The number of likely N-dealkylation sites (N-methyl/N-ethyl adjacent to an activating group) is 1. The fourth-order valence-electron chi connectivity index (χ4n) is 4.31. The van der Waals surface area contributed by atoms with Crippen molar-refractivity contribution in [1.29, 1.82) is 0 Å². The minimum atomic E-state index is -0.166. The molecule has 0 aliphatic carbocycles. The first-order chi connectivity index (χ1) is 14.6. The van der Waals surface area contributed by atoms with Gasteiger partial charge in [0.15, 0.2) is 0 Å². The number of benzene rings is 2. The predicted octanol–water partition coefficient (Wildman–Crippen LogP) is 2.72. The third kappa shape index (κ3) is 3.31. The topological polar surface area (TPSA) is 94.0 Å². The van der Waals surface area contributed by atoms with Gasteiger partial charge < -0.3 is 25.5 Å². The van der Waals surface area contributed by atoms with E-state index in [0.29, 0.717) is 17.7 Å². The van der Waals surface area contributed by atoms with E-state index in [4.69, 9.17) is 10.7 Å². The molecule has 2 aromatic heterocycles. The molecule has 0 saturated carbocycles. The molecule has 3 heterocycles. The van der Waals surface area contributed by atoms with E-state index in [1.54, 1.807) is 0 Å². The first-order valence-corrected chi connectivity index (χ1v) is 10.5. The van der Waals surface area contributed by atoms with Crippen molar-refractivity contribution in [3.8, 4) is 0 Å². The number of H-pyrrole nitrogens is 2. The predicted molar refractivity (Wildman–Crippen MR) is 122 cm³/mol. The Bertz CT molecular complexity index is 1270. The van der Waals surface area contributed by atoms with Crippen LogP contribution in [0.3, 0.4) is 0 Å². The van der Waals surface area contributed by atoms with Crippen molar-refractivity contribution in [2.24, 2.45) is 0 Å². The second-order valence-corrected chi connectivity index (χ2v) is 7.87. The SMILES string of the molecule is CCN1CCN(c2ccc3nc(Cc4c(N)c5ccccc5[nH]c4=O)[nH]c3c2)CC1. The molecule has 7 nitrogen and oxygen atoms in total. The highest BCUT2D eigenvalue weighted by Gasteiger charge is 2.17. The number of nitrogens with two attached hydrogens (primary N) is 1. The molecule has 2 aromatic carbocycles. The van der Waals surface area contributed by atoms with Crippen LogP contribution in [-0.4, -0.2) is 52.6 Å². The number of rotatable bonds is 4. The number of pyridine rings is 1. The molecule has 30 heavy (non-hydrogen) atoms. The van der Waals surface area contributed by atoms with Crippen molar-refractivity contribution in [2.45, 2.75) is 13.3 Å². The molecule has 1 aliphatic rings. The standard InChI is InChI=1S/C23H26N6O/c1-2-28-9-11-29(12-10-28)15-7-8-19-20(13-15)26-21(25-19)14-17-22(24)16-5-3-4-6-18(16)27-23(17)30/h3-8,13H,2,9-12,14H2,1H3,(H,25,26)(H3,24,27,30). The van der Waals surface area contributed by atoms with Gasteiger partial charge in [0, 0.05) is 49.2 Å². The molecule has 0 radical (unpaired) electrons. The molecular formula is C23H26N6O. The maximum absolute atomic E-state index is 12.6. The number of anilines is 2. The van der Waals surface area contributed by atoms with Gasteiger partial charge in [0.05, 0.1) is 22.2 Å². The van der Waals surface area contributed by atoms with Gasteiger partial charge in [-0.15, -0.1) is 0 Å². The Balaban J connectivity index is 1.44. The zero-order chi connectivity index (χ0) is 20.7. The fourth-order valence-corrected chi connectivity index (χ4v) is 4.31. The molecule has 154 valence electrons. The van der Waals surface area contributed by atoms with Crippen molar-refractivity contribution in [1.82, 2.24) is 19.9 Å². The van der Waals surface area contributed by atoms with Crippen LogP contribution in [0.4, 0.5) is 11.4 Å². The number of aromatic amines is 2. The molecule has 0 unspecified atom stereocenters. The van der Waals surface area contributed by atoms with Crippen molar-refractivity contribution >= 4 is 33.3 Å². The summed E-state index contributed by atoms with van der Waals surface area (Å²) in [5, 5.41) is 0.858. The molecule has 7 heteroatoms. The molecule has 4 aromatic rings. The number of aromatic nitrogens is 3. The molecule has 0 spiro atoms. The van der Waals surface area contributed by atoms with Gasteiger partial charge in [-0.2, -0.15) is 0 Å². The fraction of sp³-hybridized carbons (Fsp3) is 0.304. The van der Waals surface area contributed by atoms with Gasteiger partial charge in [-0.1, -0.05) is 25.1 Å². The molecule has 1 fully saturated rings. The van der Waals surface area contributed by atoms with E-state index in [9.17, 15) is 4.79 Å². The normalized spacial score (nSPS) is 15.3. The Kier molecular flexibility index (Phi) is 4.67. The van der Waals surface area contributed by atoms with Crippen LogP contribution in [-0.2, 0) is 6.42 Å². The lowest BCUT2D eigenvalue weighted by Gasteiger charge is -2.35. The van der Waals surface area contributed by atoms with Gasteiger partial charge in [-0.05, 0) is 30.8 Å². The number of hydrogen-bond acceptors (Lipinski definition) is 5. The van der Waals surface area contributed by atoms with Crippen LogP contribution in [0, 0.1) is 0 Å². The van der Waals surface area contributed by atoms with Crippen LogP contribution in [0.15, 0.2) is 47.3 Å². The number of fused-ring (bicyclic) bond motifs is 2. The number of nitrogen functional groups attached to an aromatic ring is 1. The van der Waals surface area contributed by atoms with Crippen LogP contribution in [0.5, 0.6) is 0 Å². The molecule has 1 aliphatic heterocycles.